The normalized spacial score (nSPS) is 13.5. The quantitative estimate of drug-likeness (QED) is 0.553. The van der Waals surface area contributed by atoms with Crippen LogP contribution in [0.5, 0.6) is 0 Å². The SMILES string of the molecule is CCOC(=O)C(C)(Cl)c1ccc(-c2ccc(Br)cc2)cc1. The Bertz CT molecular complexity index is 618. The molecule has 21 heavy (non-hydrogen) atoms. The number of ether oxygens (including phenoxy) is 1. The van der Waals surface area contributed by atoms with E-state index in [4.69, 9.17) is 16.3 Å². The molecule has 4 heteroatoms. The maximum absolute atomic E-state index is 11.9. The highest BCUT2D eigenvalue weighted by atomic mass is 79.9. The number of hydrogen-bond donors (Lipinski definition) is 0. The van der Waals surface area contributed by atoms with Crippen LogP contribution in [0, 0.1) is 0 Å². The zero-order valence-corrected chi connectivity index (χ0v) is 14.2. The highest BCUT2D eigenvalue weighted by Gasteiger charge is 2.34. The number of carbonyl (C=O) groups is 1. The lowest BCUT2D eigenvalue weighted by Gasteiger charge is -2.20. The first-order valence-corrected chi connectivity index (χ1v) is 7.85. The third-order valence-electron chi connectivity index (χ3n) is 3.26. The van der Waals surface area contributed by atoms with Gasteiger partial charge in [0.05, 0.1) is 6.61 Å². The molecule has 0 amide bonds. The van der Waals surface area contributed by atoms with E-state index in [0.29, 0.717) is 6.61 Å². The van der Waals surface area contributed by atoms with Gasteiger partial charge in [0, 0.05) is 4.47 Å². The van der Waals surface area contributed by atoms with Crippen molar-refractivity contribution in [2.75, 3.05) is 6.61 Å². The van der Waals surface area contributed by atoms with Crippen molar-refractivity contribution in [3.05, 3.63) is 58.6 Å². The molecule has 0 aromatic heterocycles. The summed E-state index contributed by atoms with van der Waals surface area (Å²) in [5.41, 5.74) is 2.91. The van der Waals surface area contributed by atoms with E-state index < -0.39 is 10.8 Å². The predicted molar refractivity (Wildman–Crippen MR) is 89.4 cm³/mol. The molecule has 0 bridgehead atoms. The summed E-state index contributed by atoms with van der Waals surface area (Å²) in [5, 5.41) is 0. The fourth-order valence-electron chi connectivity index (χ4n) is 2.00. The molecule has 0 fully saturated rings. The molecule has 1 atom stereocenters. The molecule has 0 aliphatic heterocycles. The van der Waals surface area contributed by atoms with Gasteiger partial charge in [-0.2, -0.15) is 0 Å². The van der Waals surface area contributed by atoms with Gasteiger partial charge in [-0.05, 0) is 42.7 Å². The van der Waals surface area contributed by atoms with Gasteiger partial charge in [0.2, 0.25) is 0 Å². The second-order valence-corrected chi connectivity index (χ2v) is 6.48. The Hall–Kier alpha value is -1.32. The topological polar surface area (TPSA) is 26.3 Å². The van der Waals surface area contributed by atoms with Crippen molar-refractivity contribution in [3.63, 3.8) is 0 Å². The molecule has 0 saturated carbocycles. The molecule has 0 saturated heterocycles. The Labute approximate surface area is 138 Å². The third-order valence-corrected chi connectivity index (χ3v) is 4.16. The van der Waals surface area contributed by atoms with Crippen LogP contribution in [0.3, 0.4) is 0 Å². The number of halogens is 2. The van der Waals surface area contributed by atoms with Crippen molar-refractivity contribution in [3.8, 4) is 11.1 Å². The van der Waals surface area contributed by atoms with Crippen LogP contribution in [0.4, 0.5) is 0 Å². The molecule has 0 radical (unpaired) electrons. The van der Waals surface area contributed by atoms with Crippen molar-refractivity contribution in [2.45, 2.75) is 18.7 Å². The van der Waals surface area contributed by atoms with Crippen LogP contribution in [0.25, 0.3) is 11.1 Å². The fourth-order valence-corrected chi connectivity index (χ4v) is 2.45. The molecule has 2 aromatic carbocycles. The maximum atomic E-state index is 11.9. The van der Waals surface area contributed by atoms with E-state index in [1.807, 2.05) is 48.5 Å². The number of alkyl halides is 1. The third kappa shape index (κ3) is 3.66. The summed E-state index contributed by atoms with van der Waals surface area (Å²) in [4.78, 5) is 10.7. The number of esters is 1. The van der Waals surface area contributed by atoms with Crippen molar-refractivity contribution in [1.82, 2.24) is 0 Å². The summed E-state index contributed by atoms with van der Waals surface area (Å²) in [6, 6.07) is 15.7. The minimum Gasteiger partial charge on any atom is -0.464 e. The molecule has 2 rings (SSSR count). The second kappa shape index (κ2) is 6.63. The van der Waals surface area contributed by atoms with E-state index in [0.717, 1.165) is 21.2 Å². The predicted octanol–water partition coefficient (Wildman–Crippen LogP) is 5.13. The Balaban J connectivity index is 2.26. The van der Waals surface area contributed by atoms with Crippen LogP contribution in [0.2, 0.25) is 0 Å². The number of rotatable bonds is 4. The molecule has 1 unspecified atom stereocenters. The van der Waals surface area contributed by atoms with E-state index >= 15 is 0 Å². The van der Waals surface area contributed by atoms with Gasteiger partial charge in [0.15, 0.2) is 4.87 Å². The minimum absolute atomic E-state index is 0.318. The summed E-state index contributed by atoms with van der Waals surface area (Å²) in [7, 11) is 0. The van der Waals surface area contributed by atoms with Gasteiger partial charge < -0.3 is 4.74 Å². The van der Waals surface area contributed by atoms with E-state index in [1.54, 1.807) is 13.8 Å². The van der Waals surface area contributed by atoms with Crippen LogP contribution in [0.1, 0.15) is 19.4 Å². The summed E-state index contributed by atoms with van der Waals surface area (Å²) in [5.74, 6) is -0.428. The van der Waals surface area contributed by atoms with Crippen molar-refractivity contribution in [2.24, 2.45) is 0 Å². The molecular weight excluding hydrogens is 352 g/mol. The molecule has 2 nitrogen and oxygen atoms in total. The van der Waals surface area contributed by atoms with E-state index in [9.17, 15) is 4.79 Å². The van der Waals surface area contributed by atoms with Crippen LogP contribution in [-0.4, -0.2) is 12.6 Å². The first-order chi connectivity index (χ1) is 9.95. The number of benzene rings is 2. The molecule has 110 valence electrons. The van der Waals surface area contributed by atoms with Crippen LogP contribution in [0.15, 0.2) is 53.0 Å². The van der Waals surface area contributed by atoms with Gasteiger partial charge in [-0.1, -0.05) is 52.3 Å². The summed E-state index contributed by atoms with van der Waals surface area (Å²) < 4.78 is 6.05. The van der Waals surface area contributed by atoms with E-state index in [1.165, 1.54) is 0 Å². The van der Waals surface area contributed by atoms with Crippen LogP contribution in [-0.2, 0) is 14.4 Å². The highest BCUT2D eigenvalue weighted by molar-refractivity contribution is 9.10. The molecule has 0 N–H and O–H groups in total. The van der Waals surface area contributed by atoms with Crippen LogP contribution >= 0.6 is 27.5 Å². The van der Waals surface area contributed by atoms with E-state index in [-0.39, 0.29) is 0 Å². The first-order valence-electron chi connectivity index (χ1n) is 6.67. The fraction of sp³-hybridized carbons (Fsp3) is 0.235. The van der Waals surface area contributed by atoms with Gasteiger partial charge in [0.25, 0.3) is 0 Å². The van der Waals surface area contributed by atoms with Gasteiger partial charge in [0.1, 0.15) is 0 Å². The largest absolute Gasteiger partial charge is 0.464 e. The lowest BCUT2D eigenvalue weighted by atomic mass is 9.97. The van der Waals surface area contributed by atoms with E-state index in [2.05, 4.69) is 15.9 Å². The van der Waals surface area contributed by atoms with Crippen molar-refractivity contribution >= 4 is 33.5 Å². The monoisotopic (exact) mass is 366 g/mol. The lowest BCUT2D eigenvalue weighted by Crippen LogP contribution is -2.28. The zero-order chi connectivity index (χ0) is 15.5. The number of hydrogen-bond acceptors (Lipinski definition) is 2. The van der Waals surface area contributed by atoms with Gasteiger partial charge in [-0.15, -0.1) is 11.6 Å². The molecule has 2 aromatic rings. The Morgan fingerprint density at radius 1 is 1.10 bits per heavy atom. The summed E-state index contributed by atoms with van der Waals surface area (Å²) in [6.07, 6.45) is 0. The molecule has 0 spiro atoms. The van der Waals surface area contributed by atoms with Gasteiger partial charge in [-0.25, -0.2) is 4.79 Å². The van der Waals surface area contributed by atoms with Crippen LogP contribution < -0.4 is 0 Å². The minimum atomic E-state index is -1.16. The molecule has 0 heterocycles. The maximum Gasteiger partial charge on any atom is 0.331 e. The average Bonchev–Trinajstić information content (AvgIpc) is 2.48. The summed E-state index contributed by atoms with van der Waals surface area (Å²) >= 11 is 9.75. The second-order valence-electron chi connectivity index (χ2n) is 4.81. The Morgan fingerprint density at radius 3 is 2.05 bits per heavy atom. The first kappa shape index (κ1) is 16.1. The zero-order valence-electron chi connectivity index (χ0n) is 11.9. The smallest absolute Gasteiger partial charge is 0.331 e. The molecule has 0 aliphatic carbocycles. The highest BCUT2D eigenvalue weighted by Crippen LogP contribution is 2.32. The molecule has 0 aliphatic rings. The summed E-state index contributed by atoms with van der Waals surface area (Å²) in [6.45, 7) is 3.74. The lowest BCUT2D eigenvalue weighted by molar-refractivity contribution is -0.146. The van der Waals surface area contributed by atoms with Gasteiger partial charge >= 0.3 is 5.97 Å². The number of carbonyl (C=O) groups excluding carboxylic acids is 1. The van der Waals surface area contributed by atoms with Crippen molar-refractivity contribution in [1.29, 1.82) is 0 Å². The van der Waals surface area contributed by atoms with Crippen molar-refractivity contribution < 1.29 is 9.53 Å². The molecular formula is C17H16BrClO2. The average molecular weight is 368 g/mol. The Morgan fingerprint density at radius 2 is 1.57 bits per heavy atom. The standard InChI is InChI=1S/C17H16BrClO2/c1-3-21-16(20)17(2,19)14-8-4-12(5-9-14)13-6-10-15(18)11-7-13/h4-11H,3H2,1-2H3. The Kier molecular flexibility index (Phi) is 5.07. The van der Waals surface area contributed by atoms with Gasteiger partial charge in [-0.3, -0.25) is 0 Å².